The van der Waals surface area contributed by atoms with E-state index in [1.807, 2.05) is 0 Å². The summed E-state index contributed by atoms with van der Waals surface area (Å²) in [5.74, 6) is 5.32. The zero-order valence-corrected chi connectivity index (χ0v) is 12.7. The van der Waals surface area contributed by atoms with E-state index in [4.69, 9.17) is 5.11 Å². The van der Waals surface area contributed by atoms with Crippen molar-refractivity contribution in [2.24, 2.45) is 0 Å². The van der Waals surface area contributed by atoms with Crippen LogP contribution in [0.4, 0.5) is 0 Å². The van der Waals surface area contributed by atoms with Gasteiger partial charge in [-0.15, -0.1) is 0 Å². The van der Waals surface area contributed by atoms with E-state index in [1.54, 1.807) is 45.0 Å². The third-order valence-corrected chi connectivity index (χ3v) is 3.58. The molecule has 0 fully saturated rings. The first kappa shape index (κ1) is 16.7. The van der Waals surface area contributed by atoms with Crippen molar-refractivity contribution in [3.63, 3.8) is 0 Å². The Morgan fingerprint density at radius 1 is 1.20 bits per heavy atom. The van der Waals surface area contributed by atoms with Crippen molar-refractivity contribution >= 4 is 10.2 Å². The fourth-order valence-electron chi connectivity index (χ4n) is 1.47. The molecule has 20 heavy (non-hydrogen) atoms. The van der Waals surface area contributed by atoms with Crippen molar-refractivity contribution in [1.82, 2.24) is 9.44 Å². The molecule has 1 aromatic rings. The summed E-state index contributed by atoms with van der Waals surface area (Å²) in [6.07, 6.45) is 0. The van der Waals surface area contributed by atoms with Gasteiger partial charge < -0.3 is 5.11 Å². The fourth-order valence-corrected chi connectivity index (χ4v) is 2.70. The molecule has 6 heteroatoms. The summed E-state index contributed by atoms with van der Waals surface area (Å²) in [5.41, 5.74) is 1.09. The van der Waals surface area contributed by atoms with Gasteiger partial charge in [-0.25, -0.2) is 0 Å². The third kappa shape index (κ3) is 6.68. The highest BCUT2D eigenvalue weighted by atomic mass is 32.2. The van der Waals surface area contributed by atoms with Crippen molar-refractivity contribution in [3.05, 3.63) is 35.4 Å². The molecule has 0 unspecified atom stereocenters. The van der Waals surface area contributed by atoms with Crippen LogP contribution in [0, 0.1) is 11.8 Å². The maximum atomic E-state index is 11.8. The lowest BCUT2D eigenvalue weighted by Gasteiger charge is -2.20. The van der Waals surface area contributed by atoms with E-state index >= 15 is 0 Å². The molecule has 0 aromatic heterocycles. The van der Waals surface area contributed by atoms with Gasteiger partial charge in [-0.1, -0.05) is 24.0 Å². The lowest BCUT2D eigenvalue weighted by atomic mass is 10.1. The van der Waals surface area contributed by atoms with Crippen LogP contribution in [0.1, 0.15) is 31.9 Å². The second-order valence-electron chi connectivity index (χ2n) is 5.33. The molecule has 0 saturated carbocycles. The Labute approximate surface area is 120 Å². The predicted molar refractivity (Wildman–Crippen MR) is 79.1 cm³/mol. The van der Waals surface area contributed by atoms with Crippen LogP contribution >= 0.6 is 0 Å². The van der Waals surface area contributed by atoms with E-state index in [0.29, 0.717) is 0 Å². The molecule has 5 nitrogen and oxygen atoms in total. The molecule has 110 valence electrons. The molecule has 0 atom stereocenters. The second kappa shape index (κ2) is 6.86. The highest BCUT2D eigenvalue weighted by molar-refractivity contribution is 7.87. The predicted octanol–water partition coefficient (Wildman–Crippen LogP) is 0.753. The number of hydrogen-bond acceptors (Lipinski definition) is 3. The van der Waals surface area contributed by atoms with Gasteiger partial charge in [0.05, 0.1) is 0 Å². The molecule has 3 N–H and O–H groups in total. The van der Waals surface area contributed by atoms with Crippen molar-refractivity contribution in [3.8, 4) is 11.8 Å². The molecule has 0 amide bonds. The van der Waals surface area contributed by atoms with Gasteiger partial charge >= 0.3 is 0 Å². The molecule has 0 aliphatic heterocycles. The monoisotopic (exact) mass is 296 g/mol. The van der Waals surface area contributed by atoms with E-state index < -0.39 is 15.7 Å². The summed E-state index contributed by atoms with van der Waals surface area (Å²) >= 11 is 0. The van der Waals surface area contributed by atoms with Gasteiger partial charge in [0.2, 0.25) is 0 Å². The average molecular weight is 296 g/mol. The highest BCUT2D eigenvalue weighted by Gasteiger charge is 2.18. The Morgan fingerprint density at radius 2 is 1.80 bits per heavy atom. The standard InChI is InChI=1S/C14H20N2O3S/c1-14(2,3)16-20(18,19)15-11-13-8-6-12(7-9-13)5-4-10-17/h6-9,15-17H,10-11H2,1-3H3. The van der Waals surface area contributed by atoms with Crippen LogP contribution in [0.15, 0.2) is 24.3 Å². The van der Waals surface area contributed by atoms with Gasteiger partial charge in [-0.3, -0.25) is 0 Å². The number of aliphatic hydroxyl groups excluding tert-OH is 1. The first-order valence-electron chi connectivity index (χ1n) is 6.19. The van der Waals surface area contributed by atoms with Crippen molar-refractivity contribution < 1.29 is 13.5 Å². The number of aliphatic hydroxyl groups is 1. The Hall–Kier alpha value is -1.39. The Bertz CT molecular complexity index is 590. The Balaban J connectivity index is 2.62. The summed E-state index contributed by atoms with van der Waals surface area (Å²) in [5, 5.41) is 8.59. The molecule has 0 bridgehead atoms. The van der Waals surface area contributed by atoms with Gasteiger partial charge in [-0.05, 0) is 38.5 Å². The maximum Gasteiger partial charge on any atom is 0.277 e. The van der Waals surface area contributed by atoms with Crippen LogP contribution in [0.3, 0.4) is 0 Å². The molecular weight excluding hydrogens is 276 g/mol. The van der Waals surface area contributed by atoms with Crippen LogP contribution in [-0.4, -0.2) is 25.7 Å². The van der Waals surface area contributed by atoms with Gasteiger partial charge in [0, 0.05) is 17.6 Å². The lowest BCUT2D eigenvalue weighted by molar-refractivity contribution is 0.350. The number of benzene rings is 1. The Morgan fingerprint density at radius 3 is 2.30 bits per heavy atom. The van der Waals surface area contributed by atoms with E-state index in [1.165, 1.54) is 0 Å². The van der Waals surface area contributed by atoms with Crippen LogP contribution in [0.2, 0.25) is 0 Å². The summed E-state index contributed by atoms with van der Waals surface area (Å²) < 4.78 is 28.5. The first-order valence-corrected chi connectivity index (χ1v) is 7.67. The van der Waals surface area contributed by atoms with Crippen molar-refractivity contribution in [2.45, 2.75) is 32.9 Å². The van der Waals surface area contributed by atoms with Crippen LogP contribution in [0.25, 0.3) is 0 Å². The minimum absolute atomic E-state index is 0.181. The summed E-state index contributed by atoms with van der Waals surface area (Å²) in [7, 11) is -3.52. The largest absolute Gasteiger partial charge is 0.384 e. The van der Waals surface area contributed by atoms with Gasteiger partial charge in [0.1, 0.15) is 6.61 Å². The number of rotatable bonds is 4. The normalized spacial score (nSPS) is 11.8. The minimum atomic E-state index is -3.52. The van der Waals surface area contributed by atoms with E-state index in [0.717, 1.165) is 11.1 Å². The molecular formula is C14H20N2O3S. The smallest absolute Gasteiger partial charge is 0.277 e. The number of hydrogen-bond donors (Lipinski definition) is 3. The summed E-state index contributed by atoms with van der Waals surface area (Å²) in [4.78, 5) is 0. The summed E-state index contributed by atoms with van der Waals surface area (Å²) in [6.45, 7) is 5.36. The van der Waals surface area contributed by atoms with Crippen molar-refractivity contribution in [2.75, 3.05) is 6.61 Å². The molecule has 0 aliphatic carbocycles. The van der Waals surface area contributed by atoms with Crippen LogP contribution < -0.4 is 9.44 Å². The van der Waals surface area contributed by atoms with E-state index in [2.05, 4.69) is 21.3 Å². The zero-order chi connectivity index (χ0) is 15.2. The average Bonchev–Trinajstić information content (AvgIpc) is 2.32. The lowest BCUT2D eigenvalue weighted by Crippen LogP contribution is -2.46. The molecule has 0 saturated heterocycles. The van der Waals surface area contributed by atoms with Gasteiger partial charge in [0.15, 0.2) is 0 Å². The molecule has 1 aromatic carbocycles. The van der Waals surface area contributed by atoms with Gasteiger partial charge in [0.25, 0.3) is 10.2 Å². The van der Waals surface area contributed by atoms with Gasteiger partial charge in [-0.2, -0.15) is 17.9 Å². The first-order chi connectivity index (χ1) is 9.22. The molecule has 0 radical (unpaired) electrons. The van der Waals surface area contributed by atoms with Crippen LogP contribution in [-0.2, 0) is 16.8 Å². The molecule has 0 heterocycles. The second-order valence-corrected chi connectivity index (χ2v) is 6.83. The fraction of sp³-hybridized carbons (Fsp3) is 0.429. The van der Waals surface area contributed by atoms with Crippen molar-refractivity contribution in [1.29, 1.82) is 0 Å². The molecule has 0 spiro atoms. The third-order valence-electron chi connectivity index (χ3n) is 2.17. The van der Waals surface area contributed by atoms with E-state index in [9.17, 15) is 8.42 Å². The van der Waals surface area contributed by atoms with Crippen LogP contribution in [0.5, 0.6) is 0 Å². The zero-order valence-electron chi connectivity index (χ0n) is 11.9. The highest BCUT2D eigenvalue weighted by Crippen LogP contribution is 2.05. The topological polar surface area (TPSA) is 78.4 Å². The van der Waals surface area contributed by atoms with E-state index in [-0.39, 0.29) is 13.2 Å². The summed E-state index contributed by atoms with van der Waals surface area (Å²) in [6, 6.07) is 7.15. The minimum Gasteiger partial charge on any atom is -0.384 e. The molecule has 0 aliphatic rings. The SMILES string of the molecule is CC(C)(C)NS(=O)(=O)NCc1ccc(C#CCO)cc1. The molecule has 1 rings (SSSR count). The number of nitrogens with one attached hydrogen (secondary N) is 2. The Kier molecular flexibility index (Phi) is 5.72. The maximum absolute atomic E-state index is 11.8. The quantitative estimate of drug-likeness (QED) is 0.718.